The summed E-state index contributed by atoms with van der Waals surface area (Å²) < 4.78 is 0. The Kier molecular flexibility index (Phi) is 1.86. The minimum absolute atomic E-state index is 0.0833. The van der Waals surface area contributed by atoms with E-state index in [0.717, 1.165) is 19.5 Å². The van der Waals surface area contributed by atoms with Crippen molar-refractivity contribution >= 4 is 0 Å². The van der Waals surface area contributed by atoms with Crippen molar-refractivity contribution in [3.05, 3.63) is 0 Å². The molecule has 0 saturated carbocycles. The molecule has 0 aromatic carbocycles. The molecule has 2 atom stereocenters. The van der Waals surface area contributed by atoms with Crippen molar-refractivity contribution in [2.75, 3.05) is 13.1 Å². The minimum Gasteiger partial charge on any atom is -0.391 e. The van der Waals surface area contributed by atoms with E-state index in [4.69, 9.17) is 5.11 Å². The lowest BCUT2D eigenvalue weighted by Crippen LogP contribution is -2.16. The summed E-state index contributed by atoms with van der Waals surface area (Å²) in [6.45, 7) is 3.90. The van der Waals surface area contributed by atoms with E-state index in [1.165, 1.54) is 0 Å². The number of aliphatic hydroxyl groups excluding tert-OH is 1. The van der Waals surface area contributed by atoms with Gasteiger partial charge in [0.15, 0.2) is 0 Å². The molecule has 2 nitrogen and oxygen atoms in total. The van der Waals surface area contributed by atoms with Crippen LogP contribution in [0.1, 0.15) is 13.3 Å². The van der Waals surface area contributed by atoms with E-state index >= 15 is 0 Å². The van der Waals surface area contributed by atoms with E-state index in [1.807, 2.05) is 0 Å². The Morgan fingerprint density at radius 2 is 2.38 bits per heavy atom. The molecule has 1 rings (SSSR count). The van der Waals surface area contributed by atoms with Crippen molar-refractivity contribution in [2.45, 2.75) is 19.4 Å². The normalized spacial score (nSPS) is 38.2. The van der Waals surface area contributed by atoms with Gasteiger partial charge in [-0.1, -0.05) is 6.92 Å². The molecule has 0 aromatic rings. The molecule has 0 radical (unpaired) electrons. The Bertz CT molecular complexity index is 74.9. The molecular formula is C6H13NO. The van der Waals surface area contributed by atoms with Crippen molar-refractivity contribution in [3.8, 4) is 0 Å². The first-order chi connectivity index (χ1) is 3.84. The Hall–Kier alpha value is -0.0800. The maximum atomic E-state index is 9.13. The number of aliphatic hydroxyl groups is 1. The second kappa shape index (κ2) is 2.46. The fraction of sp³-hybridized carbons (Fsp3) is 1.00. The van der Waals surface area contributed by atoms with Gasteiger partial charge < -0.3 is 10.4 Å². The van der Waals surface area contributed by atoms with Gasteiger partial charge in [-0.25, -0.2) is 0 Å². The van der Waals surface area contributed by atoms with Crippen molar-refractivity contribution in [2.24, 2.45) is 5.92 Å². The third-order valence-corrected chi connectivity index (χ3v) is 1.83. The largest absolute Gasteiger partial charge is 0.391 e. The molecule has 0 amide bonds. The number of nitrogens with one attached hydrogen (secondary N) is 1. The summed E-state index contributed by atoms with van der Waals surface area (Å²) in [6.07, 6.45) is 1.01. The van der Waals surface area contributed by atoms with Crippen LogP contribution < -0.4 is 5.32 Å². The van der Waals surface area contributed by atoms with Crippen LogP contribution in [0, 0.1) is 5.92 Å². The van der Waals surface area contributed by atoms with Gasteiger partial charge in [0.25, 0.3) is 0 Å². The summed E-state index contributed by atoms with van der Waals surface area (Å²) in [7, 11) is 0. The van der Waals surface area contributed by atoms with Crippen LogP contribution in [0.3, 0.4) is 0 Å². The van der Waals surface area contributed by atoms with Gasteiger partial charge in [-0.3, -0.25) is 0 Å². The highest BCUT2D eigenvalue weighted by Gasteiger charge is 2.22. The molecular weight excluding hydrogens is 102 g/mol. The Balaban J connectivity index is 2.30. The number of hydrogen-bond acceptors (Lipinski definition) is 2. The monoisotopic (exact) mass is 115 g/mol. The van der Waals surface area contributed by atoms with Crippen molar-refractivity contribution < 1.29 is 5.11 Å². The van der Waals surface area contributed by atoms with Crippen LogP contribution in [-0.2, 0) is 0 Å². The van der Waals surface area contributed by atoms with E-state index in [2.05, 4.69) is 12.2 Å². The molecule has 1 aliphatic heterocycles. The van der Waals surface area contributed by atoms with Gasteiger partial charge >= 0.3 is 0 Å². The molecule has 1 aliphatic rings. The van der Waals surface area contributed by atoms with Gasteiger partial charge in [-0.05, 0) is 12.3 Å². The zero-order chi connectivity index (χ0) is 5.98. The molecule has 48 valence electrons. The summed E-state index contributed by atoms with van der Waals surface area (Å²) in [6, 6.07) is 0. The second-order valence-corrected chi connectivity index (χ2v) is 2.39. The smallest absolute Gasteiger partial charge is 0.0704 e. The van der Waals surface area contributed by atoms with Crippen molar-refractivity contribution in [3.63, 3.8) is 0 Å². The van der Waals surface area contributed by atoms with Crippen LogP contribution in [0.2, 0.25) is 0 Å². The van der Waals surface area contributed by atoms with Crippen LogP contribution in [-0.4, -0.2) is 24.3 Å². The van der Waals surface area contributed by atoms with Gasteiger partial charge in [0.2, 0.25) is 0 Å². The average Bonchev–Trinajstić information content (AvgIpc) is 2.14. The lowest BCUT2D eigenvalue weighted by Gasteiger charge is -2.07. The second-order valence-electron chi connectivity index (χ2n) is 2.39. The van der Waals surface area contributed by atoms with Crippen molar-refractivity contribution in [1.82, 2.24) is 5.32 Å². The summed E-state index contributed by atoms with van der Waals surface area (Å²) in [5, 5.41) is 12.2. The quantitative estimate of drug-likeness (QED) is 0.503. The lowest BCUT2D eigenvalue weighted by atomic mass is 10.0. The van der Waals surface area contributed by atoms with E-state index in [-0.39, 0.29) is 6.10 Å². The number of hydrogen-bond donors (Lipinski definition) is 2. The topological polar surface area (TPSA) is 32.3 Å². The standard InChI is InChI=1S/C6H13NO/c1-2-5-3-7-4-6(5)8/h5-8H,2-4H2,1H3/t5-,6?/m0/s1. The zero-order valence-electron chi connectivity index (χ0n) is 5.22. The predicted octanol–water partition coefficient (Wildman–Crippen LogP) is -0.0233. The lowest BCUT2D eigenvalue weighted by molar-refractivity contribution is 0.145. The van der Waals surface area contributed by atoms with Crippen LogP contribution >= 0.6 is 0 Å². The minimum atomic E-state index is -0.0833. The molecule has 1 heterocycles. The molecule has 1 unspecified atom stereocenters. The number of β-amino-alcohol motifs (C(OH)–C–C–N with tert-alkyl or cyclic N) is 1. The maximum Gasteiger partial charge on any atom is 0.0704 e. The molecule has 0 aromatic heterocycles. The fourth-order valence-electron chi connectivity index (χ4n) is 1.14. The Morgan fingerprint density at radius 3 is 2.62 bits per heavy atom. The Morgan fingerprint density at radius 1 is 1.62 bits per heavy atom. The molecule has 1 fully saturated rings. The highest BCUT2D eigenvalue weighted by atomic mass is 16.3. The van der Waals surface area contributed by atoms with Crippen LogP contribution in [0.5, 0.6) is 0 Å². The molecule has 0 bridgehead atoms. The summed E-state index contributed by atoms with van der Waals surface area (Å²) in [5.41, 5.74) is 0. The number of rotatable bonds is 1. The van der Waals surface area contributed by atoms with E-state index < -0.39 is 0 Å². The first-order valence-electron chi connectivity index (χ1n) is 3.23. The van der Waals surface area contributed by atoms with Crippen LogP contribution in [0.25, 0.3) is 0 Å². The fourth-order valence-corrected chi connectivity index (χ4v) is 1.14. The van der Waals surface area contributed by atoms with Gasteiger partial charge in [-0.2, -0.15) is 0 Å². The van der Waals surface area contributed by atoms with Crippen LogP contribution in [0.15, 0.2) is 0 Å². The van der Waals surface area contributed by atoms with E-state index in [9.17, 15) is 0 Å². The van der Waals surface area contributed by atoms with E-state index in [0.29, 0.717) is 5.92 Å². The van der Waals surface area contributed by atoms with Gasteiger partial charge in [0, 0.05) is 13.1 Å². The maximum absolute atomic E-state index is 9.13. The summed E-state index contributed by atoms with van der Waals surface area (Å²) in [4.78, 5) is 0. The molecule has 2 heteroatoms. The highest BCUT2D eigenvalue weighted by Crippen LogP contribution is 2.11. The zero-order valence-corrected chi connectivity index (χ0v) is 5.22. The average molecular weight is 115 g/mol. The van der Waals surface area contributed by atoms with Gasteiger partial charge in [0.1, 0.15) is 0 Å². The third kappa shape index (κ3) is 1.01. The van der Waals surface area contributed by atoms with Crippen molar-refractivity contribution in [1.29, 1.82) is 0 Å². The van der Waals surface area contributed by atoms with E-state index in [1.54, 1.807) is 0 Å². The Labute approximate surface area is 49.9 Å². The first-order valence-corrected chi connectivity index (χ1v) is 3.23. The highest BCUT2D eigenvalue weighted by molar-refractivity contribution is 4.78. The summed E-state index contributed by atoms with van der Waals surface area (Å²) >= 11 is 0. The third-order valence-electron chi connectivity index (χ3n) is 1.83. The van der Waals surface area contributed by atoms with Gasteiger partial charge in [0.05, 0.1) is 6.10 Å². The summed E-state index contributed by atoms with van der Waals surface area (Å²) in [5.74, 6) is 0.509. The van der Waals surface area contributed by atoms with Crippen LogP contribution in [0.4, 0.5) is 0 Å². The predicted molar refractivity (Wildman–Crippen MR) is 32.7 cm³/mol. The molecule has 0 spiro atoms. The first kappa shape index (κ1) is 6.05. The molecule has 2 N–H and O–H groups in total. The molecule has 0 aliphatic carbocycles. The molecule has 8 heavy (non-hydrogen) atoms. The van der Waals surface area contributed by atoms with Gasteiger partial charge in [-0.15, -0.1) is 0 Å². The SMILES string of the molecule is CC[C@H]1CNCC1O. The molecule has 1 saturated heterocycles.